The molecule has 112 valence electrons. The van der Waals surface area contributed by atoms with Crippen molar-refractivity contribution in [2.45, 2.75) is 0 Å². The quantitative estimate of drug-likeness (QED) is 0.444. The number of methoxy groups -OCH3 is 1. The van der Waals surface area contributed by atoms with Crippen LogP contribution in [0.2, 0.25) is 0 Å². The molecule has 2 aromatic carbocycles. The Morgan fingerprint density at radius 3 is 1.82 bits per heavy atom. The summed E-state index contributed by atoms with van der Waals surface area (Å²) in [5.41, 5.74) is 1.92. The summed E-state index contributed by atoms with van der Waals surface area (Å²) in [4.78, 5) is 0. The second kappa shape index (κ2) is 8.42. The van der Waals surface area contributed by atoms with Crippen LogP contribution < -0.4 is 9.47 Å². The van der Waals surface area contributed by atoms with Crippen LogP contribution in [0.5, 0.6) is 11.5 Å². The third-order valence-electron chi connectivity index (χ3n) is 2.84. The molecule has 2 aromatic rings. The van der Waals surface area contributed by atoms with Gasteiger partial charge in [0, 0.05) is 0 Å². The molecular formula is C18H18N2O2. The minimum Gasteiger partial charge on any atom is -0.497 e. The van der Waals surface area contributed by atoms with Crippen molar-refractivity contribution in [2.24, 2.45) is 10.2 Å². The summed E-state index contributed by atoms with van der Waals surface area (Å²) in [6.45, 7) is 4.11. The topological polar surface area (TPSA) is 43.2 Å². The van der Waals surface area contributed by atoms with Gasteiger partial charge >= 0.3 is 0 Å². The molecule has 4 nitrogen and oxygen atoms in total. The molecule has 0 amide bonds. The first-order chi connectivity index (χ1) is 10.8. The zero-order chi connectivity index (χ0) is 15.6. The van der Waals surface area contributed by atoms with Crippen LogP contribution in [-0.4, -0.2) is 26.1 Å². The summed E-state index contributed by atoms with van der Waals surface area (Å²) in [7, 11) is 1.64. The maximum absolute atomic E-state index is 5.41. The smallest absolute Gasteiger partial charge is 0.119 e. The van der Waals surface area contributed by atoms with Gasteiger partial charge in [0.25, 0.3) is 0 Å². The Morgan fingerprint density at radius 2 is 1.36 bits per heavy atom. The Balaban J connectivity index is 1.90. The molecular weight excluding hydrogens is 276 g/mol. The zero-order valence-electron chi connectivity index (χ0n) is 12.5. The minimum absolute atomic E-state index is 0.500. The van der Waals surface area contributed by atoms with Gasteiger partial charge in [-0.3, -0.25) is 0 Å². The lowest BCUT2D eigenvalue weighted by molar-refractivity contribution is 0.363. The Kier molecular flexibility index (Phi) is 5.93. The average molecular weight is 294 g/mol. The molecule has 0 atom stereocenters. The standard InChI is InChI=1S/C18H18N2O2/c1-3-12-22-18-10-6-16(7-11-18)14-20-19-13-15-4-8-17(21-2)9-5-15/h3-11,13-14H,1,12H2,2H3/b19-13+,20-14+. The van der Waals surface area contributed by atoms with Crippen molar-refractivity contribution in [1.82, 2.24) is 0 Å². The highest BCUT2D eigenvalue weighted by Gasteiger charge is 1.92. The Bertz CT molecular complexity index is 644. The third-order valence-corrected chi connectivity index (χ3v) is 2.84. The fraction of sp³-hybridized carbons (Fsp3) is 0.111. The van der Waals surface area contributed by atoms with Gasteiger partial charge in [-0.2, -0.15) is 10.2 Å². The van der Waals surface area contributed by atoms with Crippen LogP contribution in [0.15, 0.2) is 71.4 Å². The second-order valence-corrected chi connectivity index (χ2v) is 4.43. The van der Waals surface area contributed by atoms with E-state index < -0.39 is 0 Å². The van der Waals surface area contributed by atoms with Crippen LogP contribution in [0.4, 0.5) is 0 Å². The predicted octanol–water partition coefficient (Wildman–Crippen LogP) is 3.71. The van der Waals surface area contributed by atoms with Crippen LogP contribution in [0.1, 0.15) is 11.1 Å². The van der Waals surface area contributed by atoms with Gasteiger partial charge in [-0.15, -0.1) is 0 Å². The summed E-state index contributed by atoms with van der Waals surface area (Å²) in [6.07, 6.45) is 5.10. The number of hydrogen-bond acceptors (Lipinski definition) is 4. The fourth-order valence-electron chi connectivity index (χ4n) is 1.70. The molecule has 0 bridgehead atoms. The van der Waals surface area contributed by atoms with E-state index in [-0.39, 0.29) is 0 Å². The van der Waals surface area contributed by atoms with E-state index in [9.17, 15) is 0 Å². The van der Waals surface area contributed by atoms with Crippen molar-refractivity contribution in [1.29, 1.82) is 0 Å². The van der Waals surface area contributed by atoms with Gasteiger partial charge in [-0.05, 0) is 59.7 Å². The molecule has 4 heteroatoms. The number of nitrogens with zero attached hydrogens (tertiary/aromatic N) is 2. The van der Waals surface area contributed by atoms with Gasteiger partial charge in [-0.25, -0.2) is 0 Å². The van der Waals surface area contributed by atoms with E-state index >= 15 is 0 Å². The van der Waals surface area contributed by atoms with Gasteiger partial charge in [-0.1, -0.05) is 12.7 Å². The fourth-order valence-corrected chi connectivity index (χ4v) is 1.70. The van der Waals surface area contributed by atoms with Crippen molar-refractivity contribution in [3.8, 4) is 11.5 Å². The van der Waals surface area contributed by atoms with Crippen LogP contribution >= 0.6 is 0 Å². The molecule has 0 saturated heterocycles. The maximum Gasteiger partial charge on any atom is 0.119 e. The molecule has 0 heterocycles. The molecule has 0 fully saturated rings. The molecule has 0 spiro atoms. The van der Waals surface area contributed by atoms with Crippen LogP contribution in [0.25, 0.3) is 0 Å². The van der Waals surface area contributed by atoms with Gasteiger partial charge in [0.05, 0.1) is 19.5 Å². The highest BCUT2D eigenvalue weighted by molar-refractivity contribution is 5.82. The van der Waals surface area contributed by atoms with Gasteiger partial charge in [0.1, 0.15) is 18.1 Å². The molecule has 0 saturated carbocycles. The molecule has 2 rings (SSSR count). The molecule has 0 N–H and O–H groups in total. The van der Waals surface area contributed by atoms with Crippen molar-refractivity contribution in [3.63, 3.8) is 0 Å². The molecule has 22 heavy (non-hydrogen) atoms. The molecule has 0 aromatic heterocycles. The van der Waals surface area contributed by atoms with Crippen molar-refractivity contribution in [2.75, 3.05) is 13.7 Å². The zero-order valence-corrected chi connectivity index (χ0v) is 12.5. The van der Waals surface area contributed by atoms with E-state index in [4.69, 9.17) is 9.47 Å². The normalized spacial score (nSPS) is 11.0. The molecule has 0 aliphatic rings. The maximum atomic E-state index is 5.41. The van der Waals surface area contributed by atoms with Crippen molar-refractivity contribution in [3.05, 3.63) is 72.3 Å². The first-order valence-electron chi connectivity index (χ1n) is 6.86. The van der Waals surface area contributed by atoms with E-state index in [2.05, 4.69) is 16.8 Å². The molecule has 0 unspecified atom stereocenters. The summed E-state index contributed by atoms with van der Waals surface area (Å²) in [5, 5.41) is 8.05. The number of benzene rings is 2. The van der Waals surface area contributed by atoms with E-state index in [1.165, 1.54) is 0 Å². The van der Waals surface area contributed by atoms with Gasteiger partial charge < -0.3 is 9.47 Å². The Morgan fingerprint density at radius 1 is 0.864 bits per heavy atom. The van der Waals surface area contributed by atoms with E-state index in [0.29, 0.717) is 6.61 Å². The molecule has 0 radical (unpaired) electrons. The summed E-state index contributed by atoms with van der Waals surface area (Å²) < 4.78 is 10.5. The Labute approximate surface area is 130 Å². The summed E-state index contributed by atoms with van der Waals surface area (Å²) in [6, 6.07) is 15.2. The first kappa shape index (κ1) is 15.5. The highest BCUT2D eigenvalue weighted by Crippen LogP contribution is 2.11. The van der Waals surface area contributed by atoms with Crippen molar-refractivity contribution >= 4 is 12.4 Å². The van der Waals surface area contributed by atoms with Gasteiger partial charge in [0.2, 0.25) is 0 Å². The average Bonchev–Trinajstić information content (AvgIpc) is 2.58. The van der Waals surface area contributed by atoms with Crippen LogP contribution in [0.3, 0.4) is 0 Å². The van der Waals surface area contributed by atoms with E-state index in [1.807, 2.05) is 48.5 Å². The van der Waals surface area contributed by atoms with Crippen LogP contribution in [0, 0.1) is 0 Å². The number of ether oxygens (including phenoxy) is 2. The SMILES string of the molecule is C=CCOc1ccc(/C=N/N=C/c2ccc(OC)cc2)cc1. The lowest BCUT2D eigenvalue weighted by Crippen LogP contribution is -1.92. The molecule has 0 aliphatic carbocycles. The highest BCUT2D eigenvalue weighted by atomic mass is 16.5. The largest absolute Gasteiger partial charge is 0.497 e. The van der Waals surface area contributed by atoms with E-state index in [0.717, 1.165) is 22.6 Å². The Hall–Kier alpha value is -2.88. The van der Waals surface area contributed by atoms with Crippen molar-refractivity contribution < 1.29 is 9.47 Å². The molecule has 0 aliphatic heterocycles. The van der Waals surface area contributed by atoms with Crippen LogP contribution in [-0.2, 0) is 0 Å². The predicted molar refractivity (Wildman–Crippen MR) is 90.3 cm³/mol. The van der Waals surface area contributed by atoms with E-state index in [1.54, 1.807) is 25.6 Å². The summed E-state index contributed by atoms with van der Waals surface area (Å²) in [5.74, 6) is 1.62. The second-order valence-electron chi connectivity index (χ2n) is 4.43. The summed E-state index contributed by atoms with van der Waals surface area (Å²) >= 11 is 0. The van der Waals surface area contributed by atoms with Gasteiger partial charge in [0.15, 0.2) is 0 Å². The monoisotopic (exact) mass is 294 g/mol. The lowest BCUT2D eigenvalue weighted by atomic mass is 10.2. The third kappa shape index (κ3) is 4.90. The number of hydrogen-bond donors (Lipinski definition) is 0. The number of rotatable bonds is 7. The minimum atomic E-state index is 0.500. The lowest BCUT2D eigenvalue weighted by Gasteiger charge is -2.02. The first-order valence-corrected chi connectivity index (χ1v) is 6.86.